The second-order valence-electron chi connectivity index (χ2n) is 9.43. The van der Waals surface area contributed by atoms with Gasteiger partial charge in [-0.15, -0.1) is 0 Å². The molecule has 2 heterocycles. The molecule has 35 heavy (non-hydrogen) atoms. The molecule has 5 rings (SSSR count). The molecule has 0 aromatic heterocycles. The summed E-state index contributed by atoms with van der Waals surface area (Å²) >= 11 is 0. The van der Waals surface area contributed by atoms with Crippen molar-refractivity contribution in [2.45, 2.75) is 69.8 Å². The van der Waals surface area contributed by atoms with Gasteiger partial charge in [-0.3, -0.25) is 19.7 Å². The fourth-order valence-electron chi connectivity index (χ4n) is 5.21. The monoisotopic (exact) mass is 472 g/mol. The Bertz CT molecular complexity index is 1190. The highest BCUT2D eigenvalue weighted by Crippen LogP contribution is 2.32. The van der Waals surface area contributed by atoms with Crippen molar-refractivity contribution >= 4 is 23.4 Å². The Labute approximate surface area is 204 Å². The second kappa shape index (κ2) is 9.88. The number of hydrogen-bond acceptors (Lipinski definition) is 5. The molecule has 1 unspecified atom stereocenters. The van der Waals surface area contributed by atoms with Crippen LogP contribution in [0.3, 0.4) is 0 Å². The molecule has 2 aromatic carbocycles. The van der Waals surface area contributed by atoms with Crippen LogP contribution in [0.5, 0.6) is 5.75 Å². The first-order chi connectivity index (χ1) is 17.0. The Kier molecular flexibility index (Phi) is 6.51. The van der Waals surface area contributed by atoms with E-state index in [1.54, 1.807) is 11.0 Å². The number of imide groups is 1. The lowest BCUT2D eigenvalue weighted by Gasteiger charge is -2.33. The third-order valence-corrected chi connectivity index (χ3v) is 7.12. The Morgan fingerprint density at radius 1 is 1.06 bits per heavy atom. The van der Waals surface area contributed by atoms with Gasteiger partial charge < -0.3 is 15.0 Å². The molecule has 2 aliphatic heterocycles. The second-order valence-corrected chi connectivity index (χ2v) is 9.43. The average molecular weight is 473 g/mol. The van der Waals surface area contributed by atoms with Crippen LogP contribution >= 0.6 is 0 Å². The number of ether oxygens (including phenoxy) is 1. The maximum absolute atomic E-state index is 12.9. The van der Waals surface area contributed by atoms with E-state index in [2.05, 4.69) is 15.5 Å². The molecule has 2 aromatic rings. The number of nitrogens with one attached hydrogen (secondary N) is 2. The van der Waals surface area contributed by atoms with Crippen molar-refractivity contribution < 1.29 is 19.1 Å². The summed E-state index contributed by atoms with van der Waals surface area (Å²) in [4.78, 5) is 41.7. The van der Waals surface area contributed by atoms with Crippen molar-refractivity contribution in [1.29, 1.82) is 0 Å². The van der Waals surface area contributed by atoms with Crippen LogP contribution in [-0.4, -0.2) is 40.8 Å². The van der Waals surface area contributed by atoms with E-state index in [-0.39, 0.29) is 30.4 Å². The summed E-state index contributed by atoms with van der Waals surface area (Å²) in [6, 6.07) is 12.7. The third-order valence-electron chi connectivity index (χ3n) is 7.12. The summed E-state index contributed by atoms with van der Waals surface area (Å²) in [7, 11) is 0. The number of benzene rings is 2. The molecule has 180 valence electrons. The first kappa shape index (κ1) is 23.1. The van der Waals surface area contributed by atoms with E-state index in [1.165, 1.54) is 0 Å². The van der Waals surface area contributed by atoms with E-state index >= 15 is 0 Å². The minimum atomic E-state index is -0.618. The van der Waals surface area contributed by atoms with Crippen molar-refractivity contribution in [3.05, 3.63) is 70.6 Å². The van der Waals surface area contributed by atoms with Gasteiger partial charge in [-0.1, -0.05) is 30.7 Å². The first-order valence-electron chi connectivity index (χ1n) is 12.2. The molecule has 0 bridgehead atoms. The summed E-state index contributed by atoms with van der Waals surface area (Å²) in [6.45, 7) is 8.14. The highest BCUT2D eigenvalue weighted by atomic mass is 16.5. The van der Waals surface area contributed by atoms with Crippen LogP contribution in [0.2, 0.25) is 0 Å². The Balaban J connectivity index is 1.24. The molecule has 3 amide bonds. The molecule has 8 heteroatoms. The van der Waals surface area contributed by atoms with Gasteiger partial charge in [-0.2, -0.15) is 0 Å². The maximum atomic E-state index is 12.9. The Hall–Kier alpha value is -3.70. The smallest absolute Gasteiger partial charge is 0.255 e. The molecule has 1 saturated heterocycles. The molecular formula is C27H28N4O4. The maximum Gasteiger partial charge on any atom is 0.255 e. The van der Waals surface area contributed by atoms with Crippen LogP contribution in [0, 0.1) is 6.57 Å². The molecule has 1 aliphatic carbocycles. The first-order valence-corrected chi connectivity index (χ1v) is 12.2. The van der Waals surface area contributed by atoms with Crippen molar-refractivity contribution in [3.63, 3.8) is 0 Å². The fourth-order valence-corrected chi connectivity index (χ4v) is 5.21. The predicted molar refractivity (Wildman–Crippen MR) is 129 cm³/mol. The standard InChI is InChI=1S/C27H28N4O4/c1-28-19-8-6-17(7-9-19)15-29-22-4-2-3-5-24(22)35-20-10-11-21-18(14-20)16-31(27(21)34)23-12-13-25(32)30-26(23)33/h6-11,14,22-24,29H,2-5,12-13,15-16H2,(H,30,32,33)/t22-,23?,24+/m1/s1. The SMILES string of the molecule is [C-]#[N+]c1ccc(CN[C@@H]2CCCC[C@@H]2Oc2ccc3c(c2)CN(C2CCC(=O)NC2=O)C3=O)cc1. The lowest BCUT2D eigenvalue weighted by Crippen LogP contribution is -2.52. The lowest BCUT2D eigenvalue weighted by molar-refractivity contribution is -0.136. The molecule has 1 saturated carbocycles. The Morgan fingerprint density at radius 3 is 2.63 bits per heavy atom. The number of hydrogen-bond donors (Lipinski definition) is 2. The molecule has 3 aliphatic rings. The van der Waals surface area contributed by atoms with Gasteiger partial charge in [-0.05, 0) is 55.0 Å². The summed E-state index contributed by atoms with van der Waals surface area (Å²) < 4.78 is 6.41. The van der Waals surface area contributed by atoms with Crippen molar-refractivity contribution in [1.82, 2.24) is 15.5 Å². The van der Waals surface area contributed by atoms with Crippen LogP contribution in [-0.2, 0) is 22.7 Å². The van der Waals surface area contributed by atoms with Crippen molar-refractivity contribution in [2.24, 2.45) is 0 Å². The van der Waals surface area contributed by atoms with E-state index in [0.717, 1.165) is 42.6 Å². The van der Waals surface area contributed by atoms with Gasteiger partial charge in [-0.25, -0.2) is 4.85 Å². The highest BCUT2D eigenvalue weighted by molar-refractivity contribution is 6.05. The van der Waals surface area contributed by atoms with Crippen LogP contribution in [0.15, 0.2) is 42.5 Å². The minimum absolute atomic E-state index is 0.0210. The number of fused-ring (bicyclic) bond motifs is 1. The summed E-state index contributed by atoms with van der Waals surface area (Å²) in [5, 5.41) is 5.96. The highest BCUT2D eigenvalue weighted by Gasteiger charge is 2.39. The van der Waals surface area contributed by atoms with Crippen molar-refractivity contribution in [2.75, 3.05) is 0 Å². The fraction of sp³-hybridized carbons (Fsp3) is 0.407. The van der Waals surface area contributed by atoms with Crippen LogP contribution in [0.4, 0.5) is 5.69 Å². The number of rotatable bonds is 6. The van der Waals surface area contributed by atoms with Crippen LogP contribution in [0.1, 0.15) is 60.0 Å². The number of piperidine rings is 1. The molecule has 2 fully saturated rings. The predicted octanol–water partition coefficient (Wildman–Crippen LogP) is 3.48. The molecule has 8 nitrogen and oxygen atoms in total. The van der Waals surface area contributed by atoms with Gasteiger partial charge >= 0.3 is 0 Å². The zero-order valence-electron chi connectivity index (χ0n) is 19.5. The minimum Gasteiger partial charge on any atom is -0.489 e. The van der Waals surface area contributed by atoms with Crippen LogP contribution in [0.25, 0.3) is 4.85 Å². The summed E-state index contributed by atoms with van der Waals surface area (Å²) in [5.41, 5.74) is 3.20. The molecule has 0 radical (unpaired) electrons. The van der Waals surface area contributed by atoms with Gasteiger partial charge in [0.1, 0.15) is 17.9 Å². The number of carbonyl (C=O) groups excluding carboxylic acids is 3. The molecule has 0 spiro atoms. The number of carbonyl (C=O) groups is 3. The number of nitrogens with zero attached hydrogens (tertiary/aromatic N) is 2. The summed E-state index contributed by atoms with van der Waals surface area (Å²) in [6.07, 6.45) is 4.84. The molecule has 2 N–H and O–H groups in total. The van der Waals surface area contributed by atoms with Gasteiger partial charge in [0.2, 0.25) is 11.8 Å². The van der Waals surface area contributed by atoms with E-state index < -0.39 is 11.9 Å². The zero-order chi connectivity index (χ0) is 24.4. The average Bonchev–Trinajstić information content (AvgIpc) is 3.19. The van der Waals surface area contributed by atoms with Crippen LogP contribution < -0.4 is 15.4 Å². The molecular weight excluding hydrogens is 444 g/mol. The number of amides is 3. The van der Waals surface area contributed by atoms with Gasteiger partial charge in [0, 0.05) is 31.1 Å². The molecule has 3 atom stereocenters. The normalized spacial score (nSPS) is 24.0. The van der Waals surface area contributed by atoms with Gasteiger partial charge in [0.05, 0.1) is 6.57 Å². The topological polar surface area (TPSA) is 92.1 Å². The van der Waals surface area contributed by atoms with E-state index in [0.29, 0.717) is 30.8 Å². The van der Waals surface area contributed by atoms with Gasteiger partial charge in [0.15, 0.2) is 5.69 Å². The third kappa shape index (κ3) is 4.91. The van der Waals surface area contributed by atoms with E-state index in [4.69, 9.17) is 11.3 Å². The Morgan fingerprint density at radius 2 is 1.86 bits per heavy atom. The summed E-state index contributed by atoms with van der Waals surface area (Å²) in [5.74, 6) is -0.148. The van der Waals surface area contributed by atoms with E-state index in [9.17, 15) is 14.4 Å². The quantitative estimate of drug-likeness (QED) is 0.496. The zero-order valence-corrected chi connectivity index (χ0v) is 19.5. The van der Waals surface area contributed by atoms with E-state index in [1.807, 2.05) is 36.4 Å². The largest absolute Gasteiger partial charge is 0.489 e. The van der Waals surface area contributed by atoms with Crippen molar-refractivity contribution in [3.8, 4) is 5.75 Å². The lowest BCUT2D eigenvalue weighted by atomic mass is 9.92. The van der Waals surface area contributed by atoms with Gasteiger partial charge in [0.25, 0.3) is 5.91 Å².